The van der Waals surface area contributed by atoms with Crippen LogP contribution in [0.3, 0.4) is 0 Å². The Balaban J connectivity index is 1.47. The van der Waals surface area contributed by atoms with Gasteiger partial charge >= 0.3 is 0 Å². The monoisotopic (exact) mass is 377 g/mol. The molecular formula is C16H16FN5O5. The molecule has 2 aliphatic rings. The Morgan fingerprint density at radius 1 is 1.44 bits per heavy atom. The number of aliphatic hydroxyl groups is 1. The van der Waals surface area contributed by atoms with Gasteiger partial charge in [-0.05, 0) is 40.0 Å². The van der Waals surface area contributed by atoms with Gasteiger partial charge in [-0.25, -0.2) is 9.02 Å². The number of aliphatic hydroxyl groups excluding tert-OH is 1. The maximum absolute atomic E-state index is 13.4. The second-order valence-corrected chi connectivity index (χ2v) is 6.27. The third kappa shape index (κ3) is 3.22. The Labute approximate surface area is 152 Å². The number of halogens is 1. The van der Waals surface area contributed by atoms with E-state index >= 15 is 0 Å². The average molecular weight is 377 g/mol. The number of fused-ring (bicyclic) bond motifs is 1. The lowest BCUT2D eigenvalue weighted by atomic mass is 9.83. The van der Waals surface area contributed by atoms with Crippen LogP contribution in [0.1, 0.15) is 22.9 Å². The number of likely N-dealkylation sites (tertiary alicyclic amines) is 1. The van der Waals surface area contributed by atoms with Crippen molar-refractivity contribution in [3.05, 3.63) is 40.8 Å². The van der Waals surface area contributed by atoms with E-state index < -0.39 is 6.61 Å². The third-order valence-corrected chi connectivity index (χ3v) is 4.57. The molecule has 1 aromatic carbocycles. The van der Waals surface area contributed by atoms with E-state index in [1.165, 1.54) is 17.0 Å². The quantitative estimate of drug-likeness (QED) is 0.371. The fraction of sp³-hybridized carbons (Fsp3) is 0.375. The minimum atomic E-state index is -0.557. The van der Waals surface area contributed by atoms with E-state index in [4.69, 9.17) is 9.84 Å². The zero-order valence-corrected chi connectivity index (χ0v) is 14.0. The molecule has 3 N–H and O–H groups in total. The van der Waals surface area contributed by atoms with Gasteiger partial charge in [0.15, 0.2) is 5.84 Å². The molecule has 2 aromatic rings. The summed E-state index contributed by atoms with van der Waals surface area (Å²) < 4.78 is 23.7. The Hall–Kier alpha value is -3.05. The highest BCUT2D eigenvalue weighted by atomic mass is 19.1. The summed E-state index contributed by atoms with van der Waals surface area (Å²) in [5.41, 5.74) is 3.74. The molecule has 1 fully saturated rings. The lowest BCUT2D eigenvalue weighted by Crippen LogP contribution is -2.57. The summed E-state index contributed by atoms with van der Waals surface area (Å²) >= 11 is 0. The fourth-order valence-corrected chi connectivity index (χ4v) is 3.04. The van der Waals surface area contributed by atoms with E-state index in [2.05, 4.69) is 19.9 Å². The fourth-order valence-electron chi connectivity index (χ4n) is 3.04. The predicted octanol–water partition coefficient (Wildman–Crippen LogP) is -0.187. The summed E-state index contributed by atoms with van der Waals surface area (Å²) in [6.07, 6.45) is 0.257. The van der Waals surface area contributed by atoms with E-state index in [1.54, 1.807) is 6.07 Å². The molecule has 11 heteroatoms. The number of aromatic nitrogens is 2. The number of amides is 1. The van der Waals surface area contributed by atoms with Gasteiger partial charge in [-0.1, -0.05) is 6.07 Å². The van der Waals surface area contributed by atoms with Gasteiger partial charge in [-0.15, -0.1) is 0 Å². The summed E-state index contributed by atoms with van der Waals surface area (Å²) in [6.45, 7) is 0.0260. The number of hydrogen-bond donors (Lipinski definition) is 3. The first kappa shape index (κ1) is 17.4. The topological polar surface area (TPSA) is 133 Å². The van der Waals surface area contributed by atoms with Crippen LogP contribution >= 0.6 is 0 Å². The summed E-state index contributed by atoms with van der Waals surface area (Å²) in [5, 5.41) is 25.6. The molecule has 142 valence electrons. The van der Waals surface area contributed by atoms with Gasteiger partial charge in [-0.3, -0.25) is 20.5 Å². The number of hydroxylamine groups is 1. The van der Waals surface area contributed by atoms with E-state index in [0.717, 1.165) is 11.1 Å². The van der Waals surface area contributed by atoms with Crippen LogP contribution < -0.4 is 10.2 Å². The molecule has 1 aromatic heterocycles. The standard InChI is InChI=1S/C16H16FN5O5/c17-9-2-1-8-3-12(11(8)4-9)18-15(19-25)14-16(21-27-20-14)26-10-5-22(6-10)13(24)7-23/h1-2,4,10,12,23,25H,3,5-7H2,(H,18,19). The van der Waals surface area contributed by atoms with Crippen LogP contribution in [0.5, 0.6) is 5.88 Å². The van der Waals surface area contributed by atoms with Crippen LogP contribution in [0.15, 0.2) is 27.8 Å². The van der Waals surface area contributed by atoms with Gasteiger partial charge in [0.25, 0.3) is 5.88 Å². The van der Waals surface area contributed by atoms with Gasteiger partial charge < -0.3 is 14.7 Å². The molecule has 2 heterocycles. The smallest absolute Gasteiger partial charge is 0.287 e. The summed E-state index contributed by atoms with van der Waals surface area (Å²) in [7, 11) is 0. The van der Waals surface area contributed by atoms with E-state index in [1.807, 2.05) is 5.48 Å². The van der Waals surface area contributed by atoms with Crippen LogP contribution in [0.4, 0.5) is 4.39 Å². The highest BCUT2D eigenvalue weighted by molar-refractivity contribution is 5.98. The minimum Gasteiger partial charge on any atom is -0.467 e. The van der Waals surface area contributed by atoms with Crippen molar-refractivity contribution < 1.29 is 28.9 Å². The largest absolute Gasteiger partial charge is 0.467 e. The minimum absolute atomic E-state index is 0.00943. The number of nitrogens with one attached hydrogen (secondary N) is 1. The molecule has 27 heavy (non-hydrogen) atoms. The molecular weight excluding hydrogens is 361 g/mol. The highest BCUT2D eigenvalue weighted by Crippen LogP contribution is 2.37. The first-order valence-electron chi connectivity index (χ1n) is 8.23. The maximum Gasteiger partial charge on any atom is 0.287 e. The number of carbonyl (C=O) groups is 1. The number of benzene rings is 1. The summed E-state index contributed by atoms with van der Waals surface area (Å²) in [5.74, 6) is -0.751. The van der Waals surface area contributed by atoms with Crippen LogP contribution in [0.25, 0.3) is 0 Å². The first-order chi connectivity index (χ1) is 13.1. The lowest BCUT2D eigenvalue weighted by molar-refractivity contribution is -0.143. The molecule has 1 atom stereocenters. The second-order valence-electron chi connectivity index (χ2n) is 6.27. The maximum atomic E-state index is 13.4. The molecule has 1 amide bonds. The van der Waals surface area contributed by atoms with E-state index in [9.17, 15) is 14.4 Å². The van der Waals surface area contributed by atoms with Crippen molar-refractivity contribution >= 4 is 11.7 Å². The number of ether oxygens (including phenoxy) is 1. The number of amidine groups is 1. The van der Waals surface area contributed by atoms with Crippen molar-refractivity contribution in [3.63, 3.8) is 0 Å². The lowest BCUT2D eigenvalue weighted by Gasteiger charge is -2.37. The van der Waals surface area contributed by atoms with Crippen LogP contribution in [0.2, 0.25) is 0 Å². The molecule has 1 aliphatic heterocycles. The van der Waals surface area contributed by atoms with E-state index in [0.29, 0.717) is 19.5 Å². The molecule has 0 radical (unpaired) electrons. The molecule has 1 unspecified atom stereocenters. The van der Waals surface area contributed by atoms with Crippen LogP contribution in [0, 0.1) is 5.82 Å². The first-order valence-corrected chi connectivity index (χ1v) is 8.23. The van der Waals surface area contributed by atoms with Gasteiger partial charge in [0.1, 0.15) is 18.5 Å². The number of aliphatic imine (C=N–C) groups is 1. The number of hydrogen-bond acceptors (Lipinski definition) is 8. The second kappa shape index (κ2) is 6.93. The van der Waals surface area contributed by atoms with Gasteiger partial charge in [0, 0.05) is 0 Å². The van der Waals surface area contributed by atoms with Crippen molar-refractivity contribution in [2.24, 2.45) is 4.99 Å². The summed E-state index contributed by atoms with van der Waals surface area (Å²) in [6, 6.07) is 4.16. The normalized spacial score (nSPS) is 19.1. The summed E-state index contributed by atoms with van der Waals surface area (Å²) in [4.78, 5) is 17.1. The third-order valence-electron chi connectivity index (χ3n) is 4.57. The zero-order chi connectivity index (χ0) is 19.0. The van der Waals surface area contributed by atoms with E-state index in [-0.39, 0.29) is 41.3 Å². The molecule has 0 spiro atoms. The van der Waals surface area contributed by atoms with Crippen molar-refractivity contribution in [2.45, 2.75) is 18.6 Å². The molecule has 4 rings (SSSR count). The zero-order valence-electron chi connectivity index (χ0n) is 14.0. The Morgan fingerprint density at radius 3 is 3.00 bits per heavy atom. The molecule has 0 bridgehead atoms. The SMILES string of the molecule is O=C(CO)N1CC(Oc2nonc2C(=NC2Cc3ccc(F)cc32)NO)C1. The molecule has 0 saturated carbocycles. The van der Waals surface area contributed by atoms with Gasteiger partial charge in [-0.2, -0.15) is 0 Å². The number of rotatable bonds is 5. The van der Waals surface area contributed by atoms with Crippen molar-refractivity contribution in [1.82, 2.24) is 20.7 Å². The van der Waals surface area contributed by atoms with Crippen molar-refractivity contribution in [2.75, 3.05) is 19.7 Å². The van der Waals surface area contributed by atoms with Crippen molar-refractivity contribution in [1.29, 1.82) is 0 Å². The average Bonchev–Trinajstić information content (AvgIpc) is 3.08. The molecule has 1 saturated heterocycles. The number of carbonyl (C=O) groups excluding carboxylic acids is 1. The van der Waals surface area contributed by atoms with Gasteiger partial charge in [0.2, 0.25) is 11.6 Å². The Morgan fingerprint density at radius 2 is 2.26 bits per heavy atom. The van der Waals surface area contributed by atoms with Crippen LogP contribution in [-0.4, -0.2) is 63.1 Å². The highest BCUT2D eigenvalue weighted by Gasteiger charge is 2.34. The molecule has 10 nitrogen and oxygen atoms in total. The molecule has 1 aliphatic carbocycles. The Kier molecular flexibility index (Phi) is 4.46. The Bertz CT molecular complexity index is 895. The van der Waals surface area contributed by atoms with Crippen molar-refractivity contribution in [3.8, 4) is 5.88 Å². The predicted molar refractivity (Wildman–Crippen MR) is 86.7 cm³/mol. The van der Waals surface area contributed by atoms with Crippen LogP contribution in [-0.2, 0) is 11.2 Å². The number of nitrogens with zero attached hydrogens (tertiary/aromatic N) is 4. The van der Waals surface area contributed by atoms with Gasteiger partial charge in [0.05, 0.1) is 19.1 Å².